The van der Waals surface area contributed by atoms with Crippen molar-refractivity contribution in [3.8, 4) is 0 Å². The van der Waals surface area contributed by atoms with Gasteiger partial charge in [-0.15, -0.1) is 0 Å². The number of hydrogen-bond donors (Lipinski definition) is 1. The van der Waals surface area contributed by atoms with E-state index in [-0.39, 0.29) is 12.4 Å². The molecular formula is C34H32N2O4. The number of aliphatic hydroxyl groups excluding tert-OH is 1. The SMILES string of the molecule is CC(=O)O/N=C(/c1ccc2c(c1)c1cc(C(=O)c3c(C)cc(C)cc3C)ccc1n2CCO)c1ccccc1C. The standard InChI is InChI=1S/C34H32N2O4/c1-20-16-22(3)32(23(4)17-20)34(39)26-11-13-31-29(19-26)28-18-25(10-12-30(28)36(31)14-15-37)33(35-40-24(5)38)27-9-7-6-8-21(27)2/h6-13,16-19,37H,14-15H2,1-5H3/b35-33-. The molecule has 0 saturated heterocycles. The molecule has 1 N–H and O–H groups in total. The Morgan fingerprint density at radius 2 is 1.40 bits per heavy atom. The predicted octanol–water partition coefficient (Wildman–Crippen LogP) is 6.57. The monoisotopic (exact) mass is 532 g/mol. The van der Waals surface area contributed by atoms with E-state index in [9.17, 15) is 14.7 Å². The van der Waals surface area contributed by atoms with Gasteiger partial charge in [-0.05, 0) is 74.7 Å². The minimum Gasteiger partial charge on any atom is -0.395 e. The van der Waals surface area contributed by atoms with E-state index in [2.05, 4.69) is 9.72 Å². The summed E-state index contributed by atoms with van der Waals surface area (Å²) in [6, 6.07) is 23.5. The zero-order valence-electron chi connectivity index (χ0n) is 23.4. The Morgan fingerprint density at radius 3 is 2.00 bits per heavy atom. The third kappa shape index (κ3) is 4.94. The van der Waals surface area contributed by atoms with Crippen molar-refractivity contribution in [1.29, 1.82) is 0 Å². The molecule has 4 aromatic carbocycles. The zero-order valence-corrected chi connectivity index (χ0v) is 23.4. The maximum Gasteiger partial charge on any atom is 0.332 e. The van der Waals surface area contributed by atoms with Crippen molar-refractivity contribution >= 4 is 39.3 Å². The highest BCUT2D eigenvalue weighted by Crippen LogP contribution is 2.33. The summed E-state index contributed by atoms with van der Waals surface area (Å²) in [7, 11) is 0. The highest BCUT2D eigenvalue weighted by molar-refractivity contribution is 6.19. The molecule has 0 aliphatic rings. The van der Waals surface area contributed by atoms with E-state index in [4.69, 9.17) is 4.84 Å². The second-order valence-electron chi connectivity index (χ2n) is 10.3. The molecule has 40 heavy (non-hydrogen) atoms. The van der Waals surface area contributed by atoms with E-state index in [1.54, 1.807) is 0 Å². The molecule has 0 amide bonds. The Kier molecular flexibility index (Phi) is 7.37. The van der Waals surface area contributed by atoms with Crippen LogP contribution >= 0.6 is 0 Å². The Hall–Kier alpha value is -4.55. The predicted molar refractivity (Wildman–Crippen MR) is 159 cm³/mol. The van der Waals surface area contributed by atoms with E-state index in [0.717, 1.165) is 60.8 Å². The Bertz CT molecular complexity index is 1800. The van der Waals surface area contributed by atoms with Gasteiger partial charge in [0.1, 0.15) is 5.71 Å². The van der Waals surface area contributed by atoms with Gasteiger partial charge < -0.3 is 14.5 Å². The lowest BCUT2D eigenvalue weighted by Crippen LogP contribution is -2.08. The first-order valence-corrected chi connectivity index (χ1v) is 13.3. The van der Waals surface area contributed by atoms with E-state index in [1.807, 2.05) is 100 Å². The Morgan fingerprint density at radius 1 is 0.800 bits per heavy atom. The van der Waals surface area contributed by atoms with Crippen molar-refractivity contribution in [2.24, 2.45) is 5.16 Å². The molecule has 0 spiro atoms. The molecule has 6 heteroatoms. The molecule has 0 radical (unpaired) electrons. The number of oxime groups is 1. The van der Waals surface area contributed by atoms with Crippen LogP contribution in [0.2, 0.25) is 0 Å². The molecule has 0 aliphatic carbocycles. The van der Waals surface area contributed by atoms with Crippen LogP contribution in [0, 0.1) is 27.7 Å². The molecule has 0 fully saturated rings. The number of carbonyl (C=O) groups is 2. The van der Waals surface area contributed by atoms with E-state index < -0.39 is 5.97 Å². The van der Waals surface area contributed by atoms with Crippen LogP contribution in [0.3, 0.4) is 0 Å². The van der Waals surface area contributed by atoms with Gasteiger partial charge in [-0.1, -0.05) is 53.2 Å². The van der Waals surface area contributed by atoms with Gasteiger partial charge >= 0.3 is 5.97 Å². The van der Waals surface area contributed by atoms with Crippen molar-refractivity contribution in [3.05, 3.63) is 117 Å². The normalized spacial score (nSPS) is 11.8. The average Bonchev–Trinajstić information content (AvgIpc) is 3.21. The van der Waals surface area contributed by atoms with Crippen LogP contribution in [0.1, 0.15) is 56.2 Å². The van der Waals surface area contributed by atoms with Gasteiger partial charge in [0.2, 0.25) is 0 Å². The number of nitrogens with zero attached hydrogens (tertiary/aromatic N) is 2. The lowest BCUT2D eigenvalue weighted by Gasteiger charge is -2.11. The topological polar surface area (TPSA) is 80.9 Å². The first-order chi connectivity index (χ1) is 19.2. The number of carbonyl (C=O) groups excluding carboxylic acids is 2. The summed E-state index contributed by atoms with van der Waals surface area (Å²) in [5.74, 6) is -0.523. The fourth-order valence-electron chi connectivity index (χ4n) is 5.62. The van der Waals surface area contributed by atoms with Gasteiger partial charge in [-0.2, -0.15) is 0 Å². The summed E-state index contributed by atoms with van der Waals surface area (Å²) in [6.07, 6.45) is 0. The maximum absolute atomic E-state index is 13.7. The zero-order chi connectivity index (χ0) is 28.6. The molecular weight excluding hydrogens is 500 g/mol. The Balaban J connectivity index is 1.73. The number of aryl methyl sites for hydroxylation is 4. The summed E-state index contributed by atoms with van der Waals surface area (Å²) < 4.78 is 2.06. The van der Waals surface area contributed by atoms with Crippen LogP contribution in [-0.4, -0.2) is 33.7 Å². The molecule has 1 heterocycles. The van der Waals surface area contributed by atoms with Gasteiger partial charge in [0.25, 0.3) is 0 Å². The van der Waals surface area contributed by atoms with E-state index in [1.165, 1.54) is 6.92 Å². The van der Waals surface area contributed by atoms with E-state index in [0.29, 0.717) is 17.8 Å². The minimum absolute atomic E-state index is 0.0202. The number of benzene rings is 4. The quantitative estimate of drug-likeness (QED) is 0.111. The van der Waals surface area contributed by atoms with Gasteiger partial charge in [0, 0.05) is 57.5 Å². The molecule has 0 atom stereocenters. The number of fused-ring (bicyclic) bond motifs is 3. The van der Waals surface area contributed by atoms with Gasteiger partial charge in [-0.25, -0.2) is 4.79 Å². The molecule has 0 bridgehead atoms. The fraction of sp³-hybridized carbons (Fsp3) is 0.206. The summed E-state index contributed by atoms with van der Waals surface area (Å²) in [5, 5.41) is 15.9. The summed E-state index contributed by atoms with van der Waals surface area (Å²) in [5.41, 5.74) is 9.36. The summed E-state index contributed by atoms with van der Waals surface area (Å²) >= 11 is 0. The van der Waals surface area contributed by atoms with Crippen molar-refractivity contribution in [1.82, 2.24) is 4.57 Å². The first-order valence-electron chi connectivity index (χ1n) is 13.3. The van der Waals surface area contributed by atoms with Crippen molar-refractivity contribution < 1.29 is 19.5 Å². The van der Waals surface area contributed by atoms with Crippen LogP contribution in [0.5, 0.6) is 0 Å². The maximum atomic E-state index is 13.7. The van der Waals surface area contributed by atoms with Crippen LogP contribution in [-0.2, 0) is 16.2 Å². The molecule has 5 aromatic rings. The van der Waals surface area contributed by atoms with Crippen molar-refractivity contribution in [2.75, 3.05) is 6.61 Å². The van der Waals surface area contributed by atoms with Crippen LogP contribution in [0.4, 0.5) is 0 Å². The lowest BCUT2D eigenvalue weighted by molar-refractivity contribution is -0.140. The van der Waals surface area contributed by atoms with Gasteiger partial charge in [0.15, 0.2) is 5.78 Å². The Labute approximate surface area is 233 Å². The molecule has 0 saturated carbocycles. The highest BCUT2D eigenvalue weighted by atomic mass is 16.7. The smallest absolute Gasteiger partial charge is 0.332 e. The molecule has 6 nitrogen and oxygen atoms in total. The fourth-order valence-corrected chi connectivity index (χ4v) is 5.62. The number of aliphatic hydroxyl groups is 1. The number of aromatic nitrogens is 1. The van der Waals surface area contributed by atoms with Crippen LogP contribution < -0.4 is 0 Å². The van der Waals surface area contributed by atoms with Crippen molar-refractivity contribution in [3.63, 3.8) is 0 Å². The van der Waals surface area contributed by atoms with Crippen LogP contribution in [0.25, 0.3) is 21.8 Å². The number of hydrogen-bond acceptors (Lipinski definition) is 5. The third-order valence-corrected chi connectivity index (χ3v) is 7.29. The second-order valence-corrected chi connectivity index (χ2v) is 10.3. The van der Waals surface area contributed by atoms with E-state index >= 15 is 0 Å². The summed E-state index contributed by atoms with van der Waals surface area (Å²) in [6.45, 7) is 9.67. The van der Waals surface area contributed by atoms with Gasteiger partial charge in [-0.3, -0.25) is 4.79 Å². The first kappa shape index (κ1) is 27.0. The molecule has 0 unspecified atom stereocenters. The lowest BCUT2D eigenvalue weighted by atomic mass is 9.92. The molecule has 0 aliphatic heterocycles. The number of ketones is 1. The van der Waals surface area contributed by atoms with Crippen LogP contribution in [0.15, 0.2) is 78.0 Å². The largest absolute Gasteiger partial charge is 0.395 e. The van der Waals surface area contributed by atoms with Crippen molar-refractivity contribution in [2.45, 2.75) is 41.2 Å². The summed E-state index contributed by atoms with van der Waals surface area (Å²) in [4.78, 5) is 30.5. The third-order valence-electron chi connectivity index (χ3n) is 7.29. The molecule has 1 aromatic heterocycles. The van der Waals surface area contributed by atoms with Gasteiger partial charge in [0.05, 0.1) is 6.61 Å². The highest BCUT2D eigenvalue weighted by Gasteiger charge is 2.19. The second kappa shape index (κ2) is 10.9. The minimum atomic E-state index is -0.503. The molecule has 202 valence electrons. The number of rotatable bonds is 7. The average molecular weight is 533 g/mol. The molecule has 5 rings (SSSR count).